The van der Waals surface area contributed by atoms with Gasteiger partial charge in [0.1, 0.15) is 0 Å². The highest BCUT2D eigenvalue weighted by Crippen LogP contribution is 2.23. The molecule has 16 heavy (non-hydrogen) atoms. The maximum Gasteiger partial charge on any atom is 0.159 e. The highest BCUT2D eigenvalue weighted by molar-refractivity contribution is 5.94. The molecule has 0 bridgehead atoms. The predicted molar refractivity (Wildman–Crippen MR) is 64.6 cm³/mol. The normalized spacial score (nSPS) is 25.4. The van der Waals surface area contributed by atoms with E-state index in [1.54, 1.807) is 6.92 Å². The molecule has 1 aliphatic rings. The number of nitrogens with two attached hydrogens (primary N) is 1. The van der Waals surface area contributed by atoms with Crippen LogP contribution in [-0.4, -0.2) is 24.9 Å². The Morgan fingerprint density at radius 3 is 3.00 bits per heavy atom. The van der Waals surface area contributed by atoms with Crippen molar-refractivity contribution in [2.45, 2.75) is 25.3 Å². The largest absolute Gasteiger partial charge is 0.327 e. The highest BCUT2D eigenvalue weighted by atomic mass is 16.1. The molecular formula is C13H18N2O. The van der Waals surface area contributed by atoms with Gasteiger partial charge < -0.3 is 11.1 Å². The van der Waals surface area contributed by atoms with Gasteiger partial charge in [0.05, 0.1) is 0 Å². The van der Waals surface area contributed by atoms with Crippen molar-refractivity contribution in [1.29, 1.82) is 0 Å². The lowest BCUT2D eigenvalue weighted by Crippen LogP contribution is -2.43. The summed E-state index contributed by atoms with van der Waals surface area (Å²) in [5.41, 5.74) is 8.06. The lowest BCUT2D eigenvalue weighted by Gasteiger charge is -2.29. The van der Waals surface area contributed by atoms with E-state index < -0.39 is 0 Å². The SMILES string of the molecule is CC(=O)c1cccc(C2CNCCC2N)c1. The standard InChI is InChI=1S/C13H18N2O/c1-9(16)10-3-2-4-11(7-10)12-8-15-6-5-13(12)14/h2-4,7,12-13,15H,5-6,8,14H2,1H3. The molecule has 2 atom stereocenters. The van der Waals surface area contributed by atoms with Crippen LogP contribution >= 0.6 is 0 Å². The molecule has 0 radical (unpaired) electrons. The number of carbonyl (C=O) groups is 1. The molecule has 1 heterocycles. The van der Waals surface area contributed by atoms with E-state index in [4.69, 9.17) is 5.73 Å². The molecule has 3 N–H and O–H groups in total. The maximum atomic E-state index is 11.3. The van der Waals surface area contributed by atoms with Gasteiger partial charge in [0.2, 0.25) is 0 Å². The summed E-state index contributed by atoms with van der Waals surface area (Å²) in [6.07, 6.45) is 0.995. The average molecular weight is 218 g/mol. The van der Waals surface area contributed by atoms with E-state index in [1.807, 2.05) is 18.2 Å². The summed E-state index contributed by atoms with van der Waals surface area (Å²) < 4.78 is 0. The number of piperidine rings is 1. The Bertz CT molecular complexity index is 389. The van der Waals surface area contributed by atoms with Gasteiger partial charge in [0, 0.05) is 24.1 Å². The van der Waals surface area contributed by atoms with Crippen molar-refractivity contribution < 1.29 is 4.79 Å². The van der Waals surface area contributed by atoms with Crippen molar-refractivity contribution in [1.82, 2.24) is 5.32 Å². The highest BCUT2D eigenvalue weighted by Gasteiger charge is 2.23. The monoisotopic (exact) mass is 218 g/mol. The number of benzene rings is 1. The number of hydrogen-bond donors (Lipinski definition) is 2. The Morgan fingerprint density at radius 2 is 2.31 bits per heavy atom. The minimum Gasteiger partial charge on any atom is -0.327 e. The molecule has 0 saturated carbocycles. The average Bonchev–Trinajstić information content (AvgIpc) is 2.30. The third-order valence-corrected chi connectivity index (χ3v) is 3.26. The number of carbonyl (C=O) groups excluding carboxylic acids is 1. The van der Waals surface area contributed by atoms with E-state index in [0.29, 0.717) is 5.92 Å². The van der Waals surface area contributed by atoms with E-state index in [1.165, 1.54) is 5.56 Å². The zero-order valence-corrected chi connectivity index (χ0v) is 9.57. The Kier molecular flexibility index (Phi) is 3.36. The Labute approximate surface area is 96.0 Å². The zero-order chi connectivity index (χ0) is 11.5. The van der Waals surface area contributed by atoms with Gasteiger partial charge in [-0.05, 0) is 31.5 Å². The molecule has 0 amide bonds. The lowest BCUT2D eigenvalue weighted by molar-refractivity contribution is 0.101. The van der Waals surface area contributed by atoms with E-state index in [2.05, 4.69) is 11.4 Å². The first kappa shape index (κ1) is 11.3. The minimum atomic E-state index is 0.110. The fourth-order valence-corrected chi connectivity index (χ4v) is 2.23. The summed E-state index contributed by atoms with van der Waals surface area (Å²) in [6.45, 7) is 3.49. The zero-order valence-electron chi connectivity index (χ0n) is 9.57. The molecule has 1 aromatic rings. The number of nitrogens with one attached hydrogen (secondary N) is 1. The molecule has 0 aliphatic carbocycles. The predicted octanol–water partition coefficient (Wildman–Crippen LogP) is 1.29. The maximum absolute atomic E-state index is 11.3. The number of hydrogen-bond acceptors (Lipinski definition) is 3. The van der Waals surface area contributed by atoms with Crippen LogP contribution in [0.3, 0.4) is 0 Å². The van der Waals surface area contributed by atoms with Crippen LogP contribution in [0.5, 0.6) is 0 Å². The van der Waals surface area contributed by atoms with Crippen LogP contribution < -0.4 is 11.1 Å². The van der Waals surface area contributed by atoms with Gasteiger partial charge in [-0.25, -0.2) is 0 Å². The van der Waals surface area contributed by atoms with E-state index in [0.717, 1.165) is 25.1 Å². The Balaban J connectivity index is 2.25. The second kappa shape index (κ2) is 4.76. The second-order valence-electron chi connectivity index (χ2n) is 4.44. The third-order valence-electron chi connectivity index (χ3n) is 3.26. The summed E-state index contributed by atoms with van der Waals surface area (Å²) >= 11 is 0. The molecule has 86 valence electrons. The molecule has 3 heteroatoms. The third kappa shape index (κ3) is 2.31. The van der Waals surface area contributed by atoms with Crippen LogP contribution in [0.25, 0.3) is 0 Å². The van der Waals surface area contributed by atoms with Gasteiger partial charge >= 0.3 is 0 Å². The van der Waals surface area contributed by atoms with Crippen molar-refractivity contribution in [2.75, 3.05) is 13.1 Å². The molecule has 2 rings (SSSR count). The van der Waals surface area contributed by atoms with Crippen LogP contribution in [0, 0.1) is 0 Å². The summed E-state index contributed by atoms with van der Waals surface area (Å²) in [5, 5.41) is 3.35. The van der Waals surface area contributed by atoms with Gasteiger partial charge in [-0.3, -0.25) is 4.79 Å². The van der Waals surface area contributed by atoms with Crippen molar-refractivity contribution >= 4 is 5.78 Å². The molecule has 1 saturated heterocycles. The van der Waals surface area contributed by atoms with Crippen LogP contribution in [0.15, 0.2) is 24.3 Å². The molecule has 1 aromatic carbocycles. The lowest BCUT2D eigenvalue weighted by atomic mass is 9.86. The first-order valence-electron chi connectivity index (χ1n) is 5.75. The minimum absolute atomic E-state index is 0.110. The quantitative estimate of drug-likeness (QED) is 0.735. The van der Waals surface area contributed by atoms with E-state index in [9.17, 15) is 4.79 Å². The first-order chi connectivity index (χ1) is 7.68. The number of Topliss-reactive ketones (excluding diaryl/α,β-unsaturated/α-hetero) is 1. The van der Waals surface area contributed by atoms with E-state index in [-0.39, 0.29) is 11.8 Å². The second-order valence-corrected chi connectivity index (χ2v) is 4.44. The molecule has 2 unspecified atom stereocenters. The van der Waals surface area contributed by atoms with Crippen molar-refractivity contribution in [3.05, 3.63) is 35.4 Å². The Hall–Kier alpha value is -1.19. The summed E-state index contributed by atoms with van der Waals surface area (Å²) in [4.78, 5) is 11.3. The van der Waals surface area contributed by atoms with Crippen LogP contribution in [0.4, 0.5) is 0 Å². The van der Waals surface area contributed by atoms with Crippen molar-refractivity contribution in [2.24, 2.45) is 5.73 Å². The molecule has 1 fully saturated rings. The van der Waals surface area contributed by atoms with Crippen LogP contribution in [0.1, 0.15) is 35.2 Å². The van der Waals surface area contributed by atoms with Gasteiger partial charge in [0.25, 0.3) is 0 Å². The van der Waals surface area contributed by atoms with Crippen molar-refractivity contribution in [3.8, 4) is 0 Å². The van der Waals surface area contributed by atoms with Crippen LogP contribution in [-0.2, 0) is 0 Å². The summed E-state index contributed by atoms with van der Waals surface area (Å²) in [7, 11) is 0. The van der Waals surface area contributed by atoms with Gasteiger partial charge in [-0.15, -0.1) is 0 Å². The number of ketones is 1. The number of rotatable bonds is 2. The van der Waals surface area contributed by atoms with Gasteiger partial charge in [-0.2, -0.15) is 0 Å². The van der Waals surface area contributed by atoms with Gasteiger partial charge in [0.15, 0.2) is 5.78 Å². The smallest absolute Gasteiger partial charge is 0.159 e. The van der Waals surface area contributed by atoms with E-state index >= 15 is 0 Å². The molecule has 1 aliphatic heterocycles. The Morgan fingerprint density at radius 1 is 1.50 bits per heavy atom. The molecular weight excluding hydrogens is 200 g/mol. The first-order valence-corrected chi connectivity index (χ1v) is 5.75. The fraction of sp³-hybridized carbons (Fsp3) is 0.462. The molecule has 3 nitrogen and oxygen atoms in total. The summed E-state index contributed by atoms with van der Waals surface area (Å²) in [6, 6.07) is 8.02. The topological polar surface area (TPSA) is 55.1 Å². The summed E-state index contributed by atoms with van der Waals surface area (Å²) in [5.74, 6) is 0.437. The molecule has 0 spiro atoms. The van der Waals surface area contributed by atoms with Crippen LogP contribution in [0.2, 0.25) is 0 Å². The molecule has 0 aromatic heterocycles. The van der Waals surface area contributed by atoms with Gasteiger partial charge in [-0.1, -0.05) is 18.2 Å². The fourth-order valence-electron chi connectivity index (χ4n) is 2.23. The van der Waals surface area contributed by atoms with Crippen molar-refractivity contribution in [3.63, 3.8) is 0 Å².